The average Bonchev–Trinajstić information content (AvgIpc) is 3.00. The fraction of sp³-hybridized carbons (Fsp3) is 0.900. The number of nitrogens with zero attached hydrogens (tertiary/aromatic N) is 1. The summed E-state index contributed by atoms with van der Waals surface area (Å²) in [6, 6.07) is 0.446. The molecule has 1 saturated heterocycles. The highest BCUT2D eigenvalue weighted by molar-refractivity contribution is 5.85. The molecular weight excluding hydrogens is 200 g/mol. The molecule has 4 heteroatoms. The minimum absolute atomic E-state index is 0. The molecule has 3 nitrogen and oxygen atoms in total. The Morgan fingerprint density at radius 1 is 1.36 bits per heavy atom. The van der Waals surface area contributed by atoms with Gasteiger partial charge in [-0.05, 0) is 32.2 Å². The summed E-state index contributed by atoms with van der Waals surface area (Å²) < 4.78 is 0. The second kappa shape index (κ2) is 4.99. The summed E-state index contributed by atoms with van der Waals surface area (Å²) in [5, 5.41) is 3.34. The van der Waals surface area contributed by atoms with Crippen molar-refractivity contribution >= 4 is 18.3 Å². The van der Waals surface area contributed by atoms with Crippen LogP contribution in [0.2, 0.25) is 0 Å². The van der Waals surface area contributed by atoms with Gasteiger partial charge in [0.2, 0.25) is 5.91 Å². The molecule has 2 fully saturated rings. The first-order valence-electron chi connectivity index (χ1n) is 5.26. The Balaban J connectivity index is 0.000000980. The molecule has 1 aliphatic heterocycles. The molecular formula is C10H19ClN2O. The molecule has 14 heavy (non-hydrogen) atoms. The number of halogens is 1. The number of rotatable bonds is 2. The number of hydrogen-bond acceptors (Lipinski definition) is 2. The van der Waals surface area contributed by atoms with E-state index in [9.17, 15) is 4.79 Å². The molecule has 0 aromatic carbocycles. The lowest BCUT2D eigenvalue weighted by atomic mass is 10.1. The van der Waals surface area contributed by atoms with Gasteiger partial charge in [-0.3, -0.25) is 4.79 Å². The van der Waals surface area contributed by atoms with Gasteiger partial charge in [-0.2, -0.15) is 0 Å². The van der Waals surface area contributed by atoms with Gasteiger partial charge >= 0.3 is 0 Å². The minimum atomic E-state index is 0. The van der Waals surface area contributed by atoms with Gasteiger partial charge in [-0.25, -0.2) is 0 Å². The summed E-state index contributed by atoms with van der Waals surface area (Å²) in [6.07, 6.45) is 4.60. The maximum absolute atomic E-state index is 11.7. The fourth-order valence-electron chi connectivity index (χ4n) is 1.96. The largest absolute Gasteiger partial charge is 0.341 e. The molecule has 82 valence electrons. The zero-order chi connectivity index (χ0) is 9.26. The highest BCUT2D eigenvalue weighted by atomic mass is 35.5. The zero-order valence-electron chi connectivity index (χ0n) is 8.66. The third kappa shape index (κ3) is 2.61. The van der Waals surface area contributed by atoms with E-state index in [1.165, 1.54) is 12.8 Å². The molecule has 1 heterocycles. The SMILES string of the molecule is CN(C(=O)C1CC1)[C@H]1CCCNC1.Cl. The van der Waals surface area contributed by atoms with E-state index in [0.717, 1.165) is 25.9 Å². The topological polar surface area (TPSA) is 32.3 Å². The molecule has 0 spiro atoms. The Morgan fingerprint density at radius 3 is 2.57 bits per heavy atom. The van der Waals surface area contributed by atoms with E-state index >= 15 is 0 Å². The van der Waals surface area contributed by atoms with Gasteiger partial charge in [0, 0.05) is 25.6 Å². The fourth-order valence-corrected chi connectivity index (χ4v) is 1.96. The Morgan fingerprint density at radius 2 is 2.07 bits per heavy atom. The Kier molecular flexibility index (Phi) is 4.20. The highest BCUT2D eigenvalue weighted by Crippen LogP contribution is 2.31. The van der Waals surface area contributed by atoms with Crippen molar-refractivity contribution in [1.82, 2.24) is 10.2 Å². The summed E-state index contributed by atoms with van der Waals surface area (Å²) in [6.45, 7) is 2.09. The van der Waals surface area contributed by atoms with Crippen molar-refractivity contribution in [2.75, 3.05) is 20.1 Å². The molecule has 1 amide bonds. The van der Waals surface area contributed by atoms with Crippen LogP contribution in [0.3, 0.4) is 0 Å². The number of amides is 1. The second-order valence-corrected chi connectivity index (χ2v) is 4.22. The van der Waals surface area contributed by atoms with Crippen LogP contribution in [0.25, 0.3) is 0 Å². The predicted octanol–water partition coefficient (Wildman–Crippen LogP) is 1.03. The summed E-state index contributed by atoms with van der Waals surface area (Å²) in [5.74, 6) is 0.737. The number of piperidine rings is 1. The quantitative estimate of drug-likeness (QED) is 0.751. The van der Waals surface area contributed by atoms with Crippen LogP contribution in [-0.2, 0) is 4.79 Å². The van der Waals surface area contributed by atoms with Crippen molar-refractivity contribution in [3.8, 4) is 0 Å². The lowest BCUT2D eigenvalue weighted by Gasteiger charge is -2.31. The van der Waals surface area contributed by atoms with Gasteiger partial charge in [-0.1, -0.05) is 0 Å². The van der Waals surface area contributed by atoms with Gasteiger partial charge < -0.3 is 10.2 Å². The van der Waals surface area contributed by atoms with Crippen LogP contribution in [-0.4, -0.2) is 37.0 Å². The third-order valence-electron chi connectivity index (χ3n) is 3.09. The van der Waals surface area contributed by atoms with Crippen LogP contribution in [0, 0.1) is 5.92 Å². The Labute approximate surface area is 91.6 Å². The molecule has 0 unspecified atom stereocenters. The van der Waals surface area contributed by atoms with Crippen molar-refractivity contribution < 1.29 is 4.79 Å². The van der Waals surface area contributed by atoms with E-state index in [-0.39, 0.29) is 12.4 Å². The summed E-state index contributed by atoms with van der Waals surface area (Å²) in [4.78, 5) is 13.7. The third-order valence-corrected chi connectivity index (χ3v) is 3.09. The number of nitrogens with one attached hydrogen (secondary N) is 1. The molecule has 1 aliphatic carbocycles. The van der Waals surface area contributed by atoms with Crippen LogP contribution >= 0.6 is 12.4 Å². The molecule has 2 aliphatic rings. The van der Waals surface area contributed by atoms with E-state index in [2.05, 4.69) is 5.32 Å². The normalized spacial score (nSPS) is 26.5. The van der Waals surface area contributed by atoms with Gasteiger partial charge in [0.15, 0.2) is 0 Å². The van der Waals surface area contributed by atoms with E-state index < -0.39 is 0 Å². The number of carbonyl (C=O) groups is 1. The van der Waals surface area contributed by atoms with Crippen molar-refractivity contribution in [3.63, 3.8) is 0 Å². The highest BCUT2D eigenvalue weighted by Gasteiger charge is 2.34. The van der Waals surface area contributed by atoms with Crippen molar-refractivity contribution in [1.29, 1.82) is 0 Å². The Bertz CT molecular complexity index is 200. The molecule has 0 aromatic heterocycles. The number of carbonyl (C=O) groups excluding carboxylic acids is 1. The lowest BCUT2D eigenvalue weighted by Crippen LogP contribution is -2.47. The van der Waals surface area contributed by atoms with Crippen LogP contribution in [0.15, 0.2) is 0 Å². The zero-order valence-corrected chi connectivity index (χ0v) is 9.48. The number of hydrogen-bond donors (Lipinski definition) is 1. The smallest absolute Gasteiger partial charge is 0.225 e. The molecule has 0 aromatic rings. The summed E-state index contributed by atoms with van der Waals surface area (Å²) >= 11 is 0. The molecule has 1 atom stereocenters. The molecule has 2 rings (SSSR count). The van der Waals surface area contributed by atoms with Gasteiger partial charge in [-0.15, -0.1) is 12.4 Å². The Hall–Kier alpha value is -0.280. The van der Waals surface area contributed by atoms with Crippen LogP contribution in [0.4, 0.5) is 0 Å². The first-order chi connectivity index (χ1) is 6.29. The summed E-state index contributed by atoms with van der Waals surface area (Å²) in [7, 11) is 1.96. The predicted molar refractivity (Wildman–Crippen MR) is 58.6 cm³/mol. The van der Waals surface area contributed by atoms with Crippen LogP contribution in [0.5, 0.6) is 0 Å². The average molecular weight is 219 g/mol. The molecule has 1 N–H and O–H groups in total. The van der Waals surface area contributed by atoms with Crippen LogP contribution in [0.1, 0.15) is 25.7 Å². The second-order valence-electron chi connectivity index (χ2n) is 4.22. The monoisotopic (exact) mass is 218 g/mol. The molecule has 1 saturated carbocycles. The van der Waals surface area contributed by atoms with Gasteiger partial charge in [0.05, 0.1) is 0 Å². The molecule has 0 bridgehead atoms. The van der Waals surface area contributed by atoms with Crippen LogP contribution < -0.4 is 5.32 Å². The van der Waals surface area contributed by atoms with E-state index in [1.807, 2.05) is 11.9 Å². The summed E-state index contributed by atoms with van der Waals surface area (Å²) in [5.41, 5.74) is 0. The van der Waals surface area contributed by atoms with E-state index in [1.54, 1.807) is 0 Å². The maximum Gasteiger partial charge on any atom is 0.225 e. The first-order valence-corrected chi connectivity index (χ1v) is 5.26. The van der Waals surface area contributed by atoms with Crippen molar-refractivity contribution in [2.24, 2.45) is 5.92 Å². The number of likely N-dealkylation sites (N-methyl/N-ethyl adjacent to an activating group) is 1. The van der Waals surface area contributed by atoms with Gasteiger partial charge in [0.1, 0.15) is 0 Å². The minimum Gasteiger partial charge on any atom is -0.341 e. The standard InChI is InChI=1S/C10H18N2O.ClH/c1-12(10(13)8-4-5-8)9-3-2-6-11-7-9;/h8-9,11H,2-7H2,1H3;1H/t9-;/m0./s1. The maximum atomic E-state index is 11.7. The molecule has 0 radical (unpaired) electrons. The van der Waals surface area contributed by atoms with E-state index in [4.69, 9.17) is 0 Å². The lowest BCUT2D eigenvalue weighted by molar-refractivity contribution is -0.133. The van der Waals surface area contributed by atoms with Crippen molar-refractivity contribution in [2.45, 2.75) is 31.7 Å². The first kappa shape index (κ1) is 11.8. The van der Waals surface area contributed by atoms with E-state index in [0.29, 0.717) is 17.9 Å². The van der Waals surface area contributed by atoms with Crippen molar-refractivity contribution in [3.05, 3.63) is 0 Å². The van der Waals surface area contributed by atoms with Gasteiger partial charge in [0.25, 0.3) is 0 Å².